The molecule has 4 N–H and O–H groups in total. The SMILES string of the molecule is C#CC1(F)[C@@H](O)[C@@H](CO)O[C@H]1N1C=C(F)C(N)=NC1=C. The summed E-state index contributed by atoms with van der Waals surface area (Å²) in [6.45, 7) is 2.84. The Labute approximate surface area is 113 Å². The van der Waals surface area contributed by atoms with Crippen LogP contribution in [0, 0.1) is 12.3 Å². The van der Waals surface area contributed by atoms with Crippen molar-refractivity contribution in [2.24, 2.45) is 10.7 Å². The lowest BCUT2D eigenvalue weighted by Crippen LogP contribution is -2.50. The first-order valence-corrected chi connectivity index (χ1v) is 5.65. The monoisotopic (exact) mass is 285 g/mol. The van der Waals surface area contributed by atoms with Gasteiger partial charge in [-0.25, -0.2) is 13.8 Å². The second kappa shape index (κ2) is 4.86. The summed E-state index contributed by atoms with van der Waals surface area (Å²) in [6.07, 6.45) is 1.34. The van der Waals surface area contributed by atoms with Gasteiger partial charge in [-0.3, -0.25) is 4.90 Å². The molecule has 1 unspecified atom stereocenters. The normalized spacial score (nSPS) is 37.5. The van der Waals surface area contributed by atoms with Gasteiger partial charge in [0.2, 0.25) is 5.67 Å². The maximum atomic E-state index is 14.7. The summed E-state index contributed by atoms with van der Waals surface area (Å²) in [5.41, 5.74) is 2.61. The van der Waals surface area contributed by atoms with E-state index in [0.29, 0.717) is 0 Å². The lowest BCUT2D eigenvalue weighted by molar-refractivity contribution is -0.0692. The van der Waals surface area contributed by atoms with Gasteiger partial charge in [0.05, 0.1) is 6.61 Å². The molecule has 20 heavy (non-hydrogen) atoms. The molecule has 1 saturated heterocycles. The molecular formula is C12H13F2N3O3. The number of nitrogens with two attached hydrogens (primary N) is 1. The second-order valence-corrected chi connectivity index (χ2v) is 4.36. The number of nitrogens with zero attached hydrogens (tertiary/aromatic N) is 2. The summed E-state index contributed by atoms with van der Waals surface area (Å²) in [7, 11) is 0. The van der Waals surface area contributed by atoms with Gasteiger partial charge >= 0.3 is 0 Å². The molecule has 2 heterocycles. The number of terminal acetylenes is 1. The van der Waals surface area contributed by atoms with Crippen molar-refractivity contribution in [1.82, 2.24) is 4.90 Å². The summed E-state index contributed by atoms with van der Waals surface area (Å²) in [4.78, 5) is 4.48. The minimum Gasteiger partial charge on any atom is -0.394 e. The standard InChI is InChI=1S/C12H13F2N3O3/c1-3-12(14)9(19)8(5-18)20-11(12)17-4-7(13)10(15)16-6(17)2/h1,4,8-9,11,18-19H,2,5H2,(H2,15,16)/t8-,9+,11-,12?/m1/s1. The highest BCUT2D eigenvalue weighted by Crippen LogP contribution is 2.38. The molecule has 6 nitrogen and oxygen atoms in total. The van der Waals surface area contributed by atoms with Crippen LogP contribution in [-0.4, -0.2) is 51.7 Å². The lowest BCUT2D eigenvalue weighted by Gasteiger charge is -2.33. The predicted molar refractivity (Wildman–Crippen MR) is 66.2 cm³/mol. The molecular weight excluding hydrogens is 272 g/mol. The molecule has 0 saturated carbocycles. The fourth-order valence-electron chi connectivity index (χ4n) is 2.04. The van der Waals surface area contributed by atoms with Crippen LogP contribution < -0.4 is 5.73 Å². The number of aliphatic hydroxyl groups is 2. The molecule has 0 spiro atoms. The Bertz CT molecular complexity index is 543. The fourth-order valence-corrected chi connectivity index (χ4v) is 2.04. The van der Waals surface area contributed by atoms with Crippen LogP contribution in [-0.2, 0) is 4.74 Å². The highest BCUT2D eigenvalue weighted by molar-refractivity contribution is 5.96. The third-order valence-corrected chi connectivity index (χ3v) is 3.14. The molecule has 0 aliphatic carbocycles. The molecule has 108 valence electrons. The molecule has 0 aromatic heterocycles. The molecule has 4 atom stereocenters. The van der Waals surface area contributed by atoms with Crippen molar-refractivity contribution < 1.29 is 23.7 Å². The van der Waals surface area contributed by atoms with Crippen LogP contribution in [0.2, 0.25) is 0 Å². The van der Waals surface area contributed by atoms with Crippen molar-refractivity contribution >= 4 is 5.84 Å². The van der Waals surface area contributed by atoms with Crippen LogP contribution in [0.5, 0.6) is 0 Å². The van der Waals surface area contributed by atoms with E-state index in [2.05, 4.69) is 11.6 Å². The van der Waals surface area contributed by atoms with E-state index in [0.717, 1.165) is 11.1 Å². The Morgan fingerprint density at radius 3 is 2.90 bits per heavy atom. The average molecular weight is 285 g/mol. The maximum absolute atomic E-state index is 14.7. The third kappa shape index (κ3) is 1.96. The molecule has 8 heteroatoms. The minimum absolute atomic E-state index is 0.100. The quantitative estimate of drug-likeness (QED) is 0.587. The van der Waals surface area contributed by atoms with Crippen molar-refractivity contribution in [2.75, 3.05) is 6.61 Å². The van der Waals surface area contributed by atoms with Crippen LogP contribution in [0.1, 0.15) is 0 Å². The Kier molecular flexibility index (Phi) is 3.52. The van der Waals surface area contributed by atoms with Crippen molar-refractivity contribution in [3.05, 3.63) is 24.4 Å². The maximum Gasteiger partial charge on any atom is 0.243 e. The first-order chi connectivity index (χ1) is 9.35. The Balaban J connectivity index is 2.38. The Morgan fingerprint density at radius 2 is 2.35 bits per heavy atom. The van der Waals surface area contributed by atoms with Gasteiger partial charge in [0, 0.05) is 6.20 Å². The summed E-state index contributed by atoms with van der Waals surface area (Å²) < 4.78 is 33.3. The van der Waals surface area contributed by atoms with Crippen LogP contribution >= 0.6 is 0 Å². The molecule has 0 bridgehead atoms. The van der Waals surface area contributed by atoms with Gasteiger partial charge in [0.25, 0.3) is 0 Å². The van der Waals surface area contributed by atoms with E-state index >= 15 is 0 Å². The number of hydrogen-bond acceptors (Lipinski definition) is 6. The van der Waals surface area contributed by atoms with Crippen molar-refractivity contribution in [3.63, 3.8) is 0 Å². The first kappa shape index (κ1) is 14.5. The van der Waals surface area contributed by atoms with Crippen LogP contribution in [0.15, 0.2) is 29.4 Å². The molecule has 2 aliphatic heterocycles. The van der Waals surface area contributed by atoms with Crippen LogP contribution in [0.25, 0.3) is 0 Å². The van der Waals surface area contributed by atoms with E-state index in [9.17, 15) is 13.9 Å². The van der Waals surface area contributed by atoms with E-state index in [1.54, 1.807) is 5.92 Å². The molecule has 2 rings (SSSR count). The average Bonchev–Trinajstić information content (AvgIpc) is 2.67. The fraction of sp³-hybridized carbons (Fsp3) is 0.417. The van der Waals surface area contributed by atoms with Crippen molar-refractivity contribution in [2.45, 2.75) is 24.1 Å². The zero-order valence-electron chi connectivity index (χ0n) is 10.3. The van der Waals surface area contributed by atoms with Crippen LogP contribution in [0.3, 0.4) is 0 Å². The molecule has 2 aliphatic rings. The van der Waals surface area contributed by atoms with E-state index in [-0.39, 0.29) is 5.82 Å². The van der Waals surface area contributed by atoms with E-state index in [1.807, 2.05) is 0 Å². The first-order valence-electron chi connectivity index (χ1n) is 5.65. The number of aliphatic hydroxyl groups excluding tert-OH is 2. The number of hydrogen-bond donors (Lipinski definition) is 3. The molecule has 0 aromatic carbocycles. The topological polar surface area (TPSA) is 91.3 Å². The zero-order valence-corrected chi connectivity index (χ0v) is 10.3. The smallest absolute Gasteiger partial charge is 0.243 e. The number of rotatable bonds is 2. The third-order valence-electron chi connectivity index (χ3n) is 3.14. The van der Waals surface area contributed by atoms with Gasteiger partial charge in [-0.2, -0.15) is 0 Å². The van der Waals surface area contributed by atoms with E-state index in [1.165, 1.54) is 0 Å². The van der Waals surface area contributed by atoms with Crippen molar-refractivity contribution in [3.8, 4) is 12.3 Å². The summed E-state index contributed by atoms with van der Waals surface area (Å²) >= 11 is 0. The highest BCUT2D eigenvalue weighted by Gasteiger charge is 2.59. The second-order valence-electron chi connectivity index (χ2n) is 4.36. The van der Waals surface area contributed by atoms with E-state index < -0.39 is 42.4 Å². The number of alkyl halides is 1. The van der Waals surface area contributed by atoms with Gasteiger partial charge in [-0.15, -0.1) is 6.42 Å². The number of aliphatic imine (C=N–C) groups is 1. The largest absolute Gasteiger partial charge is 0.394 e. The van der Waals surface area contributed by atoms with Gasteiger partial charge in [-0.05, 0) is 0 Å². The van der Waals surface area contributed by atoms with E-state index in [4.69, 9.17) is 22.0 Å². The molecule has 0 aromatic rings. The lowest BCUT2D eigenvalue weighted by atomic mass is 9.96. The van der Waals surface area contributed by atoms with Crippen LogP contribution in [0.4, 0.5) is 8.78 Å². The molecule has 0 amide bonds. The number of ether oxygens (including phenoxy) is 1. The highest BCUT2D eigenvalue weighted by atomic mass is 19.1. The number of amidine groups is 1. The zero-order chi connectivity index (χ0) is 15.1. The van der Waals surface area contributed by atoms with Gasteiger partial charge in [0.1, 0.15) is 18.0 Å². The molecule has 0 radical (unpaired) electrons. The van der Waals surface area contributed by atoms with Gasteiger partial charge in [0.15, 0.2) is 17.9 Å². The summed E-state index contributed by atoms with van der Waals surface area (Å²) in [5, 5.41) is 18.8. The Morgan fingerprint density at radius 1 is 1.70 bits per heavy atom. The Hall–Kier alpha value is -1.95. The molecule has 1 fully saturated rings. The summed E-state index contributed by atoms with van der Waals surface area (Å²) in [6, 6.07) is 0. The predicted octanol–water partition coefficient (Wildman–Crippen LogP) is -0.639. The number of halogens is 2. The van der Waals surface area contributed by atoms with Gasteiger partial charge in [-0.1, -0.05) is 12.5 Å². The van der Waals surface area contributed by atoms with Gasteiger partial charge < -0.3 is 20.7 Å². The van der Waals surface area contributed by atoms with Crippen molar-refractivity contribution in [1.29, 1.82) is 0 Å². The minimum atomic E-state index is -2.66. The summed E-state index contributed by atoms with van der Waals surface area (Å²) in [5.74, 6) is 0.358.